The van der Waals surface area contributed by atoms with Gasteiger partial charge in [0.2, 0.25) is 15.9 Å². The molecule has 0 unspecified atom stereocenters. The van der Waals surface area contributed by atoms with Crippen molar-refractivity contribution >= 4 is 33.2 Å². The van der Waals surface area contributed by atoms with Crippen molar-refractivity contribution in [3.8, 4) is 0 Å². The number of sulfonamides is 1. The molecule has 0 aliphatic carbocycles. The van der Waals surface area contributed by atoms with Crippen LogP contribution in [0.2, 0.25) is 5.02 Å². The number of hydrogen-bond donors (Lipinski definition) is 1. The van der Waals surface area contributed by atoms with Crippen molar-refractivity contribution < 1.29 is 13.2 Å². The Kier molecular flexibility index (Phi) is 7.12. The smallest absolute Gasteiger partial charge is 0.244 e. The van der Waals surface area contributed by atoms with Gasteiger partial charge in [-0.3, -0.25) is 9.10 Å². The van der Waals surface area contributed by atoms with Crippen LogP contribution in [0, 0.1) is 13.8 Å². The number of hydrogen-bond acceptors (Lipinski definition) is 3. The molecule has 0 aliphatic heterocycles. The van der Waals surface area contributed by atoms with Gasteiger partial charge in [0.1, 0.15) is 6.04 Å². The molecule has 0 bridgehead atoms. The van der Waals surface area contributed by atoms with Gasteiger partial charge in [0, 0.05) is 5.02 Å². The number of nitrogens with one attached hydrogen (secondary N) is 1. The molecule has 2 rings (SSSR count). The maximum atomic E-state index is 12.9. The molecule has 1 N–H and O–H groups in total. The maximum Gasteiger partial charge on any atom is 0.244 e. The van der Waals surface area contributed by atoms with E-state index in [1.54, 1.807) is 31.2 Å². The normalized spacial score (nSPS) is 13.6. The van der Waals surface area contributed by atoms with Gasteiger partial charge in [-0.15, -0.1) is 0 Å². The molecule has 1 amide bonds. The Morgan fingerprint density at radius 2 is 1.75 bits per heavy atom. The van der Waals surface area contributed by atoms with E-state index >= 15 is 0 Å². The minimum atomic E-state index is -3.67. The van der Waals surface area contributed by atoms with Gasteiger partial charge in [0.05, 0.1) is 18.0 Å². The number of carbonyl (C=O) groups excluding carboxylic acids is 1. The number of carbonyl (C=O) groups is 1. The zero-order valence-corrected chi connectivity index (χ0v) is 18.4. The maximum absolute atomic E-state index is 12.9. The van der Waals surface area contributed by atoms with Gasteiger partial charge in [0.25, 0.3) is 0 Å². The van der Waals surface area contributed by atoms with E-state index in [1.165, 1.54) is 0 Å². The topological polar surface area (TPSA) is 66.5 Å². The van der Waals surface area contributed by atoms with Crippen molar-refractivity contribution in [3.63, 3.8) is 0 Å². The third-order valence-electron chi connectivity index (χ3n) is 4.70. The average Bonchev–Trinajstić information content (AvgIpc) is 2.60. The highest BCUT2D eigenvalue weighted by molar-refractivity contribution is 7.92. The second kappa shape index (κ2) is 8.97. The number of anilines is 1. The molecule has 28 heavy (non-hydrogen) atoms. The molecular weight excluding hydrogens is 396 g/mol. The van der Waals surface area contributed by atoms with Crippen LogP contribution in [0.3, 0.4) is 0 Å². The van der Waals surface area contributed by atoms with E-state index in [9.17, 15) is 13.2 Å². The summed E-state index contributed by atoms with van der Waals surface area (Å²) in [5.74, 6) is -0.354. The SMILES string of the molecule is CC[C@@H](NC(=O)[C@@H](C)N(c1ccc(Cl)cc1)S(C)(=O)=O)c1ccc(C)cc1C. The van der Waals surface area contributed by atoms with E-state index in [4.69, 9.17) is 11.6 Å². The van der Waals surface area contributed by atoms with Crippen molar-refractivity contribution in [2.24, 2.45) is 0 Å². The molecule has 2 aromatic carbocycles. The van der Waals surface area contributed by atoms with Crippen LogP contribution >= 0.6 is 11.6 Å². The first-order valence-corrected chi connectivity index (χ1v) is 11.4. The lowest BCUT2D eigenvalue weighted by molar-refractivity contribution is -0.122. The number of nitrogens with zero attached hydrogens (tertiary/aromatic N) is 1. The second-order valence-corrected chi connectivity index (χ2v) is 9.34. The number of aryl methyl sites for hydroxylation is 2. The van der Waals surface area contributed by atoms with Crippen LogP contribution in [0.15, 0.2) is 42.5 Å². The molecule has 2 atom stereocenters. The van der Waals surface area contributed by atoms with E-state index in [0.29, 0.717) is 17.1 Å². The fourth-order valence-corrected chi connectivity index (χ4v) is 4.61. The molecule has 0 aliphatic rings. The third kappa shape index (κ3) is 5.26. The molecule has 0 fully saturated rings. The van der Waals surface area contributed by atoms with Gasteiger partial charge >= 0.3 is 0 Å². The minimum Gasteiger partial charge on any atom is -0.347 e. The molecular formula is C21H27ClN2O3S. The molecule has 5 nitrogen and oxygen atoms in total. The zero-order valence-electron chi connectivity index (χ0n) is 16.9. The standard InChI is InChI=1S/C21H27ClN2O3S/c1-6-20(19-12-7-14(2)13-15(19)3)23-21(25)16(4)24(28(5,26)27)18-10-8-17(22)9-11-18/h7-13,16,20H,6H2,1-5H3,(H,23,25)/t16-,20-/m1/s1. The molecule has 0 saturated heterocycles. The zero-order chi connectivity index (χ0) is 21.1. The highest BCUT2D eigenvalue weighted by Gasteiger charge is 2.30. The Balaban J connectivity index is 2.30. The Hall–Kier alpha value is -2.05. The van der Waals surface area contributed by atoms with Crippen LogP contribution < -0.4 is 9.62 Å². The molecule has 0 radical (unpaired) electrons. The van der Waals surface area contributed by atoms with Gasteiger partial charge < -0.3 is 5.32 Å². The molecule has 2 aromatic rings. The largest absolute Gasteiger partial charge is 0.347 e. The van der Waals surface area contributed by atoms with E-state index in [-0.39, 0.29) is 11.9 Å². The summed E-state index contributed by atoms with van der Waals surface area (Å²) in [5.41, 5.74) is 3.68. The fourth-order valence-electron chi connectivity index (χ4n) is 3.31. The van der Waals surface area contributed by atoms with Crippen LogP contribution in [0.1, 0.15) is 43.0 Å². The third-order valence-corrected chi connectivity index (χ3v) is 6.19. The Morgan fingerprint density at radius 3 is 2.25 bits per heavy atom. The van der Waals surface area contributed by atoms with Crippen LogP contribution in [-0.2, 0) is 14.8 Å². The van der Waals surface area contributed by atoms with Crippen molar-refractivity contribution in [3.05, 3.63) is 64.2 Å². The van der Waals surface area contributed by atoms with E-state index < -0.39 is 16.1 Å². The summed E-state index contributed by atoms with van der Waals surface area (Å²) in [7, 11) is -3.67. The van der Waals surface area contributed by atoms with E-state index in [2.05, 4.69) is 11.4 Å². The summed E-state index contributed by atoms with van der Waals surface area (Å²) in [5, 5.41) is 3.50. The Bertz CT molecular complexity index is 943. The van der Waals surface area contributed by atoms with Crippen LogP contribution in [0.5, 0.6) is 0 Å². The first-order valence-electron chi connectivity index (χ1n) is 9.17. The lowest BCUT2D eigenvalue weighted by atomic mass is 9.97. The number of rotatable bonds is 7. The number of benzene rings is 2. The second-order valence-electron chi connectivity index (χ2n) is 7.04. The summed E-state index contributed by atoms with van der Waals surface area (Å²) >= 11 is 5.91. The molecule has 0 spiro atoms. The number of halogens is 1. The molecule has 152 valence electrons. The molecule has 0 aromatic heterocycles. The summed E-state index contributed by atoms with van der Waals surface area (Å²) in [6.07, 6.45) is 1.79. The van der Waals surface area contributed by atoms with E-state index in [1.807, 2.05) is 32.9 Å². The Labute approximate surface area is 172 Å². The highest BCUT2D eigenvalue weighted by Crippen LogP contribution is 2.25. The van der Waals surface area contributed by atoms with Gasteiger partial charge in [-0.05, 0) is 62.6 Å². The van der Waals surface area contributed by atoms with Gasteiger partial charge in [-0.1, -0.05) is 42.3 Å². The first kappa shape index (κ1) is 22.2. The van der Waals surface area contributed by atoms with Crippen LogP contribution in [-0.4, -0.2) is 26.6 Å². The van der Waals surface area contributed by atoms with Crippen LogP contribution in [0.25, 0.3) is 0 Å². The summed E-state index contributed by atoms with van der Waals surface area (Å²) in [6.45, 7) is 7.60. The lowest BCUT2D eigenvalue weighted by Gasteiger charge is -2.30. The van der Waals surface area contributed by atoms with Gasteiger partial charge in [-0.2, -0.15) is 0 Å². The predicted octanol–water partition coefficient (Wildman–Crippen LogP) is 4.38. The lowest BCUT2D eigenvalue weighted by Crippen LogP contribution is -2.48. The summed E-state index contributed by atoms with van der Waals surface area (Å²) in [4.78, 5) is 12.9. The summed E-state index contributed by atoms with van der Waals surface area (Å²) in [6, 6.07) is 11.4. The van der Waals surface area contributed by atoms with Gasteiger partial charge in [0.15, 0.2) is 0 Å². The molecule has 7 heteroatoms. The predicted molar refractivity (Wildman–Crippen MR) is 115 cm³/mol. The van der Waals surface area contributed by atoms with Crippen molar-refractivity contribution in [2.75, 3.05) is 10.6 Å². The molecule has 0 saturated carbocycles. The van der Waals surface area contributed by atoms with Crippen LogP contribution in [0.4, 0.5) is 5.69 Å². The van der Waals surface area contributed by atoms with Gasteiger partial charge in [-0.25, -0.2) is 8.42 Å². The van der Waals surface area contributed by atoms with Crippen molar-refractivity contribution in [1.82, 2.24) is 5.32 Å². The van der Waals surface area contributed by atoms with E-state index in [0.717, 1.165) is 27.3 Å². The quantitative estimate of drug-likeness (QED) is 0.720. The van der Waals surface area contributed by atoms with Crippen molar-refractivity contribution in [1.29, 1.82) is 0 Å². The minimum absolute atomic E-state index is 0.192. The average molecular weight is 423 g/mol. The monoisotopic (exact) mass is 422 g/mol. The first-order chi connectivity index (χ1) is 13.0. The fraction of sp³-hybridized carbons (Fsp3) is 0.381. The number of amides is 1. The Morgan fingerprint density at radius 1 is 1.14 bits per heavy atom. The summed E-state index contributed by atoms with van der Waals surface area (Å²) < 4.78 is 25.9. The molecule has 0 heterocycles. The van der Waals surface area contributed by atoms with Crippen molar-refractivity contribution in [2.45, 2.75) is 46.2 Å². The highest BCUT2D eigenvalue weighted by atomic mass is 35.5.